The number of rotatable bonds is 10. The maximum atomic E-state index is 13.4. The first-order valence-corrected chi connectivity index (χ1v) is 14.1. The standard InChI is InChI=1S/C33H26Cl2N2O6/c1-2-41-30-18-22(8-15-29(30)43-20-23-4-3-5-25(35)16-23)17-28-31(38)36-33(40)37(32(28)39)26-11-13-27(14-12-26)42-19-21-6-9-24(34)10-7-21/h3-18H,2,19-20H2,1H3,(H,36,38,40)/b28-17+. The number of ether oxygens (including phenoxy) is 3. The molecule has 0 spiro atoms. The molecule has 218 valence electrons. The van der Waals surface area contributed by atoms with Gasteiger partial charge in [-0.2, -0.15) is 0 Å². The normalized spacial score (nSPS) is 14.1. The minimum Gasteiger partial charge on any atom is -0.490 e. The lowest BCUT2D eigenvalue weighted by Crippen LogP contribution is -2.54. The SMILES string of the molecule is CCOc1cc(/C=C2\C(=O)NC(=O)N(c3ccc(OCc4ccc(Cl)cc4)cc3)C2=O)ccc1OCc1cccc(Cl)c1. The van der Waals surface area contributed by atoms with Gasteiger partial charge in [0.2, 0.25) is 0 Å². The molecule has 43 heavy (non-hydrogen) atoms. The molecule has 8 nitrogen and oxygen atoms in total. The van der Waals surface area contributed by atoms with Gasteiger partial charge in [-0.05, 0) is 90.4 Å². The zero-order valence-corrected chi connectivity index (χ0v) is 24.5. The fraction of sp³-hybridized carbons (Fsp3) is 0.121. The van der Waals surface area contributed by atoms with E-state index < -0.39 is 17.8 Å². The lowest BCUT2D eigenvalue weighted by molar-refractivity contribution is -0.122. The van der Waals surface area contributed by atoms with E-state index in [1.165, 1.54) is 6.08 Å². The van der Waals surface area contributed by atoms with Gasteiger partial charge in [0.05, 0.1) is 12.3 Å². The molecule has 1 fully saturated rings. The van der Waals surface area contributed by atoms with Crippen molar-refractivity contribution >= 4 is 52.8 Å². The Kier molecular flexibility index (Phi) is 9.29. The molecule has 4 aromatic rings. The van der Waals surface area contributed by atoms with Gasteiger partial charge in [0, 0.05) is 10.0 Å². The summed E-state index contributed by atoms with van der Waals surface area (Å²) in [6.07, 6.45) is 1.41. The average molecular weight is 617 g/mol. The molecule has 0 unspecified atom stereocenters. The van der Waals surface area contributed by atoms with Crippen LogP contribution in [0.15, 0.2) is 96.6 Å². The third-order valence-electron chi connectivity index (χ3n) is 6.38. The summed E-state index contributed by atoms with van der Waals surface area (Å²) < 4.78 is 17.5. The first kappa shape index (κ1) is 29.7. The van der Waals surface area contributed by atoms with Crippen LogP contribution in [-0.2, 0) is 22.8 Å². The third kappa shape index (κ3) is 7.35. The molecule has 0 bridgehead atoms. The van der Waals surface area contributed by atoms with Crippen molar-refractivity contribution in [2.75, 3.05) is 11.5 Å². The van der Waals surface area contributed by atoms with Gasteiger partial charge < -0.3 is 14.2 Å². The van der Waals surface area contributed by atoms with E-state index in [0.717, 1.165) is 16.0 Å². The second kappa shape index (κ2) is 13.5. The monoisotopic (exact) mass is 616 g/mol. The van der Waals surface area contributed by atoms with Crippen molar-refractivity contribution in [3.05, 3.63) is 123 Å². The Morgan fingerprint density at radius 1 is 0.744 bits per heavy atom. The maximum Gasteiger partial charge on any atom is 0.335 e. The summed E-state index contributed by atoms with van der Waals surface area (Å²) in [4.78, 5) is 39.7. The van der Waals surface area contributed by atoms with Crippen molar-refractivity contribution < 1.29 is 28.6 Å². The fourth-order valence-corrected chi connectivity index (χ4v) is 4.63. The molecule has 1 saturated heterocycles. The number of hydrogen-bond acceptors (Lipinski definition) is 6. The van der Waals surface area contributed by atoms with Crippen molar-refractivity contribution in [3.63, 3.8) is 0 Å². The number of carbonyl (C=O) groups excluding carboxylic acids is 3. The Morgan fingerprint density at radius 2 is 1.49 bits per heavy atom. The quantitative estimate of drug-likeness (QED) is 0.149. The molecule has 10 heteroatoms. The Hall–Kier alpha value is -4.79. The summed E-state index contributed by atoms with van der Waals surface area (Å²) in [5.74, 6) is -0.101. The van der Waals surface area contributed by atoms with E-state index in [-0.39, 0.29) is 17.9 Å². The molecule has 0 saturated carbocycles. The smallest absolute Gasteiger partial charge is 0.335 e. The first-order chi connectivity index (χ1) is 20.8. The molecule has 1 N–H and O–H groups in total. The molecule has 5 rings (SSSR count). The number of nitrogens with zero attached hydrogens (tertiary/aromatic N) is 1. The van der Waals surface area contributed by atoms with E-state index in [9.17, 15) is 14.4 Å². The second-order valence-corrected chi connectivity index (χ2v) is 10.3. The van der Waals surface area contributed by atoms with Crippen LogP contribution in [0.5, 0.6) is 17.2 Å². The topological polar surface area (TPSA) is 94.2 Å². The molecule has 0 aliphatic carbocycles. The van der Waals surface area contributed by atoms with Gasteiger partial charge in [-0.3, -0.25) is 14.9 Å². The lowest BCUT2D eigenvalue weighted by atomic mass is 10.1. The van der Waals surface area contributed by atoms with Crippen LogP contribution in [0, 0.1) is 0 Å². The summed E-state index contributed by atoms with van der Waals surface area (Å²) in [7, 11) is 0. The van der Waals surface area contributed by atoms with Crippen LogP contribution in [0.2, 0.25) is 10.0 Å². The van der Waals surface area contributed by atoms with E-state index in [1.54, 1.807) is 60.7 Å². The molecule has 4 amide bonds. The van der Waals surface area contributed by atoms with Gasteiger partial charge in [0.1, 0.15) is 24.5 Å². The van der Waals surface area contributed by atoms with E-state index in [0.29, 0.717) is 46.1 Å². The number of carbonyl (C=O) groups is 3. The van der Waals surface area contributed by atoms with Crippen molar-refractivity contribution in [1.29, 1.82) is 0 Å². The van der Waals surface area contributed by atoms with Crippen LogP contribution in [0.1, 0.15) is 23.6 Å². The fourth-order valence-electron chi connectivity index (χ4n) is 4.29. The zero-order chi connectivity index (χ0) is 30.3. The minimum absolute atomic E-state index is 0.210. The Bertz CT molecular complexity index is 1690. The number of imide groups is 2. The summed E-state index contributed by atoms with van der Waals surface area (Å²) >= 11 is 12.0. The highest BCUT2D eigenvalue weighted by atomic mass is 35.5. The first-order valence-electron chi connectivity index (χ1n) is 13.3. The van der Waals surface area contributed by atoms with Crippen molar-refractivity contribution in [3.8, 4) is 17.2 Å². The van der Waals surface area contributed by atoms with E-state index in [1.807, 2.05) is 37.3 Å². The van der Waals surface area contributed by atoms with Crippen molar-refractivity contribution in [2.45, 2.75) is 20.1 Å². The Morgan fingerprint density at radius 3 is 2.21 bits per heavy atom. The molecule has 0 aromatic heterocycles. The molecular formula is C33H26Cl2N2O6. The predicted molar refractivity (Wildman–Crippen MR) is 165 cm³/mol. The molecule has 4 aromatic carbocycles. The summed E-state index contributed by atoms with van der Waals surface area (Å²) in [6, 6.07) is 25.2. The highest BCUT2D eigenvalue weighted by molar-refractivity contribution is 6.39. The predicted octanol–water partition coefficient (Wildman–Crippen LogP) is 7.22. The molecule has 1 aliphatic heterocycles. The lowest BCUT2D eigenvalue weighted by Gasteiger charge is -2.26. The van der Waals surface area contributed by atoms with Gasteiger partial charge in [-0.1, -0.05) is 53.5 Å². The summed E-state index contributed by atoms with van der Waals surface area (Å²) in [5, 5.41) is 3.48. The van der Waals surface area contributed by atoms with E-state index in [4.69, 9.17) is 37.4 Å². The van der Waals surface area contributed by atoms with Crippen LogP contribution < -0.4 is 24.4 Å². The molecule has 1 aliphatic rings. The van der Waals surface area contributed by atoms with Crippen LogP contribution in [0.25, 0.3) is 6.08 Å². The van der Waals surface area contributed by atoms with Crippen molar-refractivity contribution in [2.24, 2.45) is 0 Å². The number of nitrogens with one attached hydrogen (secondary N) is 1. The zero-order valence-electron chi connectivity index (χ0n) is 23.0. The van der Waals surface area contributed by atoms with Gasteiger partial charge in [0.25, 0.3) is 11.8 Å². The summed E-state index contributed by atoms with van der Waals surface area (Å²) in [5.41, 5.74) is 2.40. The minimum atomic E-state index is -0.846. The molecule has 0 radical (unpaired) electrons. The second-order valence-electron chi connectivity index (χ2n) is 9.42. The number of urea groups is 1. The maximum absolute atomic E-state index is 13.4. The van der Waals surface area contributed by atoms with E-state index in [2.05, 4.69) is 5.32 Å². The van der Waals surface area contributed by atoms with Crippen LogP contribution in [0.4, 0.5) is 10.5 Å². The van der Waals surface area contributed by atoms with Gasteiger partial charge in [-0.25, -0.2) is 9.69 Å². The van der Waals surface area contributed by atoms with Gasteiger partial charge in [0.15, 0.2) is 11.5 Å². The van der Waals surface area contributed by atoms with E-state index >= 15 is 0 Å². The van der Waals surface area contributed by atoms with Gasteiger partial charge in [-0.15, -0.1) is 0 Å². The Labute approximate surface area is 258 Å². The molecular weight excluding hydrogens is 591 g/mol. The molecule has 1 heterocycles. The number of anilines is 1. The molecule has 0 atom stereocenters. The Balaban J connectivity index is 1.32. The van der Waals surface area contributed by atoms with Crippen LogP contribution in [0.3, 0.4) is 0 Å². The van der Waals surface area contributed by atoms with Crippen LogP contribution >= 0.6 is 23.2 Å². The number of halogens is 2. The number of hydrogen-bond donors (Lipinski definition) is 1. The van der Waals surface area contributed by atoms with Crippen molar-refractivity contribution in [1.82, 2.24) is 5.32 Å². The number of benzene rings is 4. The van der Waals surface area contributed by atoms with Crippen LogP contribution in [-0.4, -0.2) is 24.5 Å². The average Bonchev–Trinajstić information content (AvgIpc) is 2.99. The highest BCUT2D eigenvalue weighted by Crippen LogP contribution is 2.31. The summed E-state index contributed by atoms with van der Waals surface area (Å²) in [6.45, 7) is 2.79. The van der Waals surface area contributed by atoms with Gasteiger partial charge >= 0.3 is 6.03 Å². The third-order valence-corrected chi connectivity index (χ3v) is 6.86. The highest BCUT2D eigenvalue weighted by Gasteiger charge is 2.36. The largest absolute Gasteiger partial charge is 0.490 e. The number of amides is 4. The number of barbiturate groups is 1.